The van der Waals surface area contributed by atoms with Crippen LogP contribution in [0.4, 0.5) is 0 Å². The van der Waals surface area contributed by atoms with Crippen molar-refractivity contribution in [3.63, 3.8) is 0 Å². The van der Waals surface area contributed by atoms with Crippen LogP contribution in [-0.4, -0.2) is 90.3 Å². The summed E-state index contributed by atoms with van der Waals surface area (Å²) >= 11 is 6.01. The number of H-pyrrole nitrogens is 1. The number of phenols is 1. The Bertz CT molecular complexity index is 1290. The van der Waals surface area contributed by atoms with Crippen LogP contribution in [0.15, 0.2) is 42.7 Å². The maximum absolute atomic E-state index is 12.8. The minimum atomic E-state index is -3.46. The summed E-state index contributed by atoms with van der Waals surface area (Å²) in [6.45, 7) is 8.24. The molecule has 0 aliphatic carbocycles. The van der Waals surface area contributed by atoms with Crippen LogP contribution < -0.4 is 4.72 Å². The van der Waals surface area contributed by atoms with Crippen LogP contribution in [-0.2, 0) is 15.4 Å². The highest BCUT2D eigenvalue weighted by molar-refractivity contribution is 7.89. The lowest BCUT2D eigenvalue weighted by atomic mass is 9.93. The Morgan fingerprint density at radius 1 is 1.11 bits per heavy atom. The Balaban J connectivity index is 1.53. The minimum absolute atomic E-state index is 0.0354. The maximum atomic E-state index is 12.8. The number of rotatable bonds is 9. The van der Waals surface area contributed by atoms with Crippen LogP contribution in [0.1, 0.15) is 19.7 Å². The number of likely N-dealkylation sites (N-methyl/N-ethyl adjacent to an activating group) is 1. The van der Waals surface area contributed by atoms with Crippen LogP contribution in [0, 0.1) is 0 Å². The number of nitrogens with one attached hydrogen (secondary N) is 2. The first-order valence-electron chi connectivity index (χ1n) is 11.9. The third kappa shape index (κ3) is 6.43. The van der Waals surface area contributed by atoms with E-state index in [-0.39, 0.29) is 23.1 Å². The molecular formula is C25H33ClN6O3S. The Morgan fingerprint density at radius 3 is 2.47 bits per heavy atom. The fourth-order valence-electron chi connectivity index (χ4n) is 4.06. The molecule has 0 amide bonds. The van der Waals surface area contributed by atoms with Crippen molar-refractivity contribution in [2.24, 2.45) is 0 Å². The highest BCUT2D eigenvalue weighted by Gasteiger charge is 2.29. The van der Waals surface area contributed by atoms with Gasteiger partial charge in [0.2, 0.25) is 10.0 Å². The fraction of sp³-hybridized carbons (Fsp3) is 0.440. The van der Waals surface area contributed by atoms with Crippen molar-refractivity contribution in [2.45, 2.75) is 19.3 Å². The molecule has 11 heteroatoms. The molecule has 3 heterocycles. The number of halogens is 1. The Kier molecular flexibility index (Phi) is 8.01. The number of imidazole rings is 1. The van der Waals surface area contributed by atoms with Gasteiger partial charge in [-0.25, -0.2) is 18.1 Å². The van der Waals surface area contributed by atoms with Crippen molar-refractivity contribution in [2.75, 3.05) is 52.1 Å². The van der Waals surface area contributed by atoms with E-state index in [0.717, 1.165) is 37.4 Å². The van der Waals surface area contributed by atoms with Gasteiger partial charge in [-0.2, -0.15) is 0 Å². The molecule has 0 bridgehead atoms. The molecule has 3 aromatic rings. The van der Waals surface area contributed by atoms with Crippen LogP contribution in [0.25, 0.3) is 22.5 Å². The molecule has 4 rings (SSSR count). The maximum Gasteiger partial charge on any atom is 0.212 e. The van der Waals surface area contributed by atoms with Gasteiger partial charge in [0.25, 0.3) is 0 Å². The zero-order valence-corrected chi connectivity index (χ0v) is 22.4. The highest BCUT2D eigenvalue weighted by Crippen LogP contribution is 2.36. The largest absolute Gasteiger partial charge is 0.506 e. The monoisotopic (exact) mass is 532 g/mol. The third-order valence-electron chi connectivity index (χ3n) is 6.54. The second kappa shape index (κ2) is 10.9. The first kappa shape index (κ1) is 26.6. The number of benzene rings is 1. The summed E-state index contributed by atoms with van der Waals surface area (Å²) in [5.41, 5.74) is 2.32. The summed E-state index contributed by atoms with van der Waals surface area (Å²) in [5.74, 6) is 0.648. The lowest BCUT2D eigenvalue weighted by Crippen LogP contribution is -2.47. The molecule has 1 aromatic carbocycles. The molecule has 194 valence electrons. The quantitative estimate of drug-likeness (QED) is 0.388. The van der Waals surface area contributed by atoms with Crippen molar-refractivity contribution in [1.82, 2.24) is 29.5 Å². The number of sulfonamides is 1. The van der Waals surface area contributed by atoms with Crippen LogP contribution >= 0.6 is 11.6 Å². The van der Waals surface area contributed by atoms with E-state index in [1.807, 2.05) is 26.0 Å². The number of piperazine rings is 1. The molecule has 3 N–H and O–H groups in total. The lowest BCUT2D eigenvalue weighted by Gasteiger charge is -2.32. The van der Waals surface area contributed by atoms with Gasteiger partial charge in [0.05, 0.1) is 22.2 Å². The van der Waals surface area contributed by atoms with Gasteiger partial charge in [0, 0.05) is 68.2 Å². The first-order valence-corrected chi connectivity index (χ1v) is 14.0. The summed E-state index contributed by atoms with van der Waals surface area (Å²) in [4.78, 5) is 16.8. The van der Waals surface area contributed by atoms with Crippen LogP contribution in [0.2, 0.25) is 5.02 Å². The number of aromatic hydroxyl groups is 1. The first-order chi connectivity index (χ1) is 17.0. The average Bonchev–Trinajstić information content (AvgIpc) is 3.32. The van der Waals surface area contributed by atoms with E-state index in [2.05, 4.69) is 31.5 Å². The lowest BCUT2D eigenvalue weighted by molar-refractivity contribution is 0.161. The fourth-order valence-corrected chi connectivity index (χ4v) is 5.40. The standard InChI is InChI=1S/C25H33ClN6O3S/c1-25(2,17-28-36(34,35)15-14-32-12-10-31(3)11-13-32)24-29-22(18-6-8-27-9-7-18)23(30-24)19-4-5-20(26)21(33)16-19/h4-9,16,28,33H,10-15,17H2,1-3H3,(H,29,30). The number of aromatic nitrogens is 3. The molecule has 1 aliphatic rings. The Hall–Kier alpha value is -2.50. The van der Waals surface area contributed by atoms with E-state index < -0.39 is 15.4 Å². The number of nitrogens with zero attached hydrogens (tertiary/aromatic N) is 4. The van der Waals surface area contributed by atoms with E-state index in [0.29, 0.717) is 23.6 Å². The SMILES string of the molecule is CN1CCN(CCS(=O)(=O)NCC(C)(C)c2nc(-c3ccc(Cl)c(O)c3)c(-c3ccncc3)[nH]2)CC1. The summed E-state index contributed by atoms with van der Waals surface area (Å²) < 4.78 is 28.3. The number of aromatic amines is 1. The third-order valence-corrected chi connectivity index (χ3v) is 8.16. The summed E-state index contributed by atoms with van der Waals surface area (Å²) in [7, 11) is -1.38. The number of phenolic OH excluding ortho intramolecular Hbond substituents is 1. The van der Waals surface area contributed by atoms with E-state index in [1.54, 1.807) is 30.6 Å². The number of hydrogen-bond acceptors (Lipinski definition) is 7. The van der Waals surface area contributed by atoms with Gasteiger partial charge in [-0.3, -0.25) is 9.88 Å². The number of hydrogen-bond donors (Lipinski definition) is 3. The van der Waals surface area contributed by atoms with E-state index in [4.69, 9.17) is 16.6 Å². The van der Waals surface area contributed by atoms with Gasteiger partial charge in [-0.15, -0.1) is 0 Å². The van der Waals surface area contributed by atoms with Crippen molar-refractivity contribution in [1.29, 1.82) is 0 Å². The van der Waals surface area contributed by atoms with Gasteiger partial charge in [0.15, 0.2) is 0 Å². The van der Waals surface area contributed by atoms with Crippen molar-refractivity contribution in [3.05, 3.63) is 53.6 Å². The summed E-state index contributed by atoms with van der Waals surface area (Å²) in [6.07, 6.45) is 3.39. The molecular weight excluding hydrogens is 500 g/mol. The van der Waals surface area contributed by atoms with Crippen molar-refractivity contribution in [3.8, 4) is 28.3 Å². The normalized spacial score (nSPS) is 15.9. The summed E-state index contributed by atoms with van der Waals surface area (Å²) in [6, 6.07) is 8.72. The molecule has 2 aromatic heterocycles. The molecule has 0 unspecified atom stereocenters. The molecule has 36 heavy (non-hydrogen) atoms. The second-order valence-corrected chi connectivity index (χ2v) is 12.2. The average molecular weight is 533 g/mol. The predicted octanol–water partition coefficient (Wildman–Crippen LogP) is 2.94. The molecule has 1 saturated heterocycles. The molecule has 1 fully saturated rings. The minimum Gasteiger partial charge on any atom is -0.506 e. The predicted molar refractivity (Wildman–Crippen MR) is 143 cm³/mol. The zero-order chi connectivity index (χ0) is 25.9. The van der Waals surface area contributed by atoms with Crippen molar-refractivity contribution >= 4 is 21.6 Å². The zero-order valence-electron chi connectivity index (χ0n) is 20.8. The summed E-state index contributed by atoms with van der Waals surface area (Å²) in [5, 5.41) is 10.4. The van der Waals surface area contributed by atoms with Gasteiger partial charge in [-0.05, 0) is 31.3 Å². The van der Waals surface area contributed by atoms with Gasteiger partial charge >= 0.3 is 0 Å². The Morgan fingerprint density at radius 2 is 1.81 bits per heavy atom. The molecule has 0 radical (unpaired) electrons. The van der Waals surface area contributed by atoms with Gasteiger partial charge in [-0.1, -0.05) is 31.5 Å². The highest BCUT2D eigenvalue weighted by atomic mass is 35.5. The van der Waals surface area contributed by atoms with Crippen molar-refractivity contribution < 1.29 is 13.5 Å². The van der Waals surface area contributed by atoms with Crippen LogP contribution in [0.5, 0.6) is 5.75 Å². The van der Waals surface area contributed by atoms with Gasteiger partial charge < -0.3 is 15.0 Å². The smallest absolute Gasteiger partial charge is 0.212 e. The Labute approximate surface area is 217 Å². The molecule has 9 nitrogen and oxygen atoms in total. The molecule has 1 aliphatic heterocycles. The van der Waals surface area contributed by atoms with Gasteiger partial charge in [0.1, 0.15) is 11.6 Å². The second-order valence-electron chi connectivity index (χ2n) is 9.88. The number of pyridine rings is 1. The van der Waals surface area contributed by atoms with Crippen LogP contribution in [0.3, 0.4) is 0 Å². The van der Waals surface area contributed by atoms with E-state index in [1.165, 1.54) is 0 Å². The molecule has 0 atom stereocenters. The molecule has 0 spiro atoms. The topological polar surface area (TPSA) is 114 Å². The van der Waals surface area contributed by atoms with E-state index >= 15 is 0 Å². The molecule has 0 saturated carbocycles. The van der Waals surface area contributed by atoms with E-state index in [9.17, 15) is 13.5 Å².